The lowest BCUT2D eigenvalue weighted by molar-refractivity contribution is -0.126. The molecular formula is C12H12N2O2. The highest BCUT2D eigenvalue weighted by atomic mass is 16.2. The van der Waals surface area contributed by atoms with Crippen molar-refractivity contribution in [2.24, 2.45) is 5.92 Å². The van der Waals surface area contributed by atoms with Gasteiger partial charge in [0.25, 0.3) is 0 Å². The minimum Gasteiger partial charge on any atom is -0.314 e. The van der Waals surface area contributed by atoms with Crippen LogP contribution in [0.1, 0.15) is 5.56 Å². The van der Waals surface area contributed by atoms with Crippen molar-refractivity contribution < 1.29 is 9.59 Å². The van der Waals surface area contributed by atoms with Crippen molar-refractivity contribution in [2.75, 3.05) is 13.1 Å². The van der Waals surface area contributed by atoms with Gasteiger partial charge in [0.1, 0.15) is 0 Å². The fourth-order valence-electron chi connectivity index (χ4n) is 2.75. The predicted molar refractivity (Wildman–Crippen MR) is 57.6 cm³/mol. The second kappa shape index (κ2) is 3.15. The summed E-state index contributed by atoms with van der Waals surface area (Å²) in [4.78, 5) is 23.7. The molecule has 2 aliphatic rings. The summed E-state index contributed by atoms with van der Waals surface area (Å²) in [6.45, 7) is 1.12. The van der Waals surface area contributed by atoms with E-state index in [2.05, 4.69) is 10.6 Å². The number of amides is 2. The second-order valence-electron chi connectivity index (χ2n) is 4.34. The van der Waals surface area contributed by atoms with E-state index in [1.807, 2.05) is 30.3 Å². The summed E-state index contributed by atoms with van der Waals surface area (Å²) in [7, 11) is 0. The van der Waals surface area contributed by atoms with Gasteiger partial charge < -0.3 is 5.32 Å². The topological polar surface area (TPSA) is 58.2 Å². The third-order valence-corrected chi connectivity index (χ3v) is 3.59. The molecule has 2 unspecified atom stereocenters. The van der Waals surface area contributed by atoms with Crippen LogP contribution in [0.2, 0.25) is 0 Å². The lowest BCUT2D eigenvalue weighted by Crippen LogP contribution is -2.41. The molecule has 1 aromatic rings. The number of hydrogen-bond acceptors (Lipinski definition) is 3. The molecule has 4 nitrogen and oxygen atoms in total. The number of carbonyl (C=O) groups is 2. The van der Waals surface area contributed by atoms with Crippen LogP contribution in [0.5, 0.6) is 0 Å². The maximum atomic E-state index is 12.0. The summed E-state index contributed by atoms with van der Waals surface area (Å²) in [5.41, 5.74) is 0.242. The van der Waals surface area contributed by atoms with Gasteiger partial charge in [-0.2, -0.15) is 0 Å². The Hall–Kier alpha value is -1.68. The molecule has 1 aromatic carbocycles. The van der Waals surface area contributed by atoms with Gasteiger partial charge in [-0.05, 0) is 5.56 Å². The van der Waals surface area contributed by atoms with E-state index in [4.69, 9.17) is 0 Å². The molecule has 0 spiro atoms. The van der Waals surface area contributed by atoms with Gasteiger partial charge in [0, 0.05) is 13.1 Å². The molecule has 0 bridgehead atoms. The van der Waals surface area contributed by atoms with Gasteiger partial charge in [-0.3, -0.25) is 14.9 Å². The Bertz CT molecular complexity index is 457. The van der Waals surface area contributed by atoms with E-state index >= 15 is 0 Å². The molecule has 2 fully saturated rings. The van der Waals surface area contributed by atoms with Crippen LogP contribution in [0, 0.1) is 5.92 Å². The van der Waals surface area contributed by atoms with E-state index in [1.165, 1.54) is 0 Å². The Balaban J connectivity index is 2.15. The molecule has 0 saturated carbocycles. The normalized spacial score (nSPS) is 32.6. The smallest absolute Gasteiger partial charge is 0.239 e. The molecule has 0 aromatic heterocycles. The van der Waals surface area contributed by atoms with Crippen molar-refractivity contribution in [1.82, 2.24) is 10.6 Å². The van der Waals surface area contributed by atoms with Crippen LogP contribution in [-0.4, -0.2) is 24.9 Å². The van der Waals surface area contributed by atoms with E-state index in [0.717, 1.165) is 5.56 Å². The molecule has 4 heteroatoms. The number of benzene rings is 1. The Morgan fingerprint density at radius 2 is 1.94 bits per heavy atom. The molecule has 2 saturated heterocycles. The highest BCUT2D eigenvalue weighted by Gasteiger charge is 2.58. The molecule has 2 amide bonds. The molecule has 2 aliphatic heterocycles. The lowest BCUT2D eigenvalue weighted by atomic mass is 9.74. The summed E-state index contributed by atoms with van der Waals surface area (Å²) < 4.78 is 0. The first-order valence-corrected chi connectivity index (χ1v) is 5.37. The highest BCUT2D eigenvalue weighted by molar-refractivity contribution is 6.11. The number of rotatable bonds is 1. The number of fused-ring (bicyclic) bond motifs is 1. The standard InChI is InChI=1S/C12H12N2O2/c15-10-9-6-13-7-12(9,11(16)14-10)8-4-2-1-3-5-8/h1-5,9,13H,6-7H2,(H,14,15,16). The first-order valence-electron chi connectivity index (χ1n) is 5.37. The zero-order chi connectivity index (χ0) is 11.2. The minimum atomic E-state index is -0.682. The van der Waals surface area contributed by atoms with Crippen LogP contribution >= 0.6 is 0 Å². The molecule has 16 heavy (non-hydrogen) atoms. The molecule has 2 atom stereocenters. The van der Waals surface area contributed by atoms with Gasteiger partial charge >= 0.3 is 0 Å². The van der Waals surface area contributed by atoms with Crippen LogP contribution in [-0.2, 0) is 15.0 Å². The Morgan fingerprint density at radius 1 is 1.19 bits per heavy atom. The van der Waals surface area contributed by atoms with Crippen LogP contribution in [0.25, 0.3) is 0 Å². The maximum Gasteiger partial charge on any atom is 0.239 e. The highest BCUT2D eigenvalue weighted by Crippen LogP contribution is 2.39. The monoisotopic (exact) mass is 216 g/mol. The average molecular weight is 216 g/mol. The third kappa shape index (κ3) is 1.02. The number of nitrogens with one attached hydrogen (secondary N) is 2. The Morgan fingerprint density at radius 3 is 2.69 bits per heavy atom. The SMILES string of the molecule is O=C1NC(=O)C2(c3ccccc3)CNCC12. The number of carbonyl (C=O) groups excluding carboxylic acids is 2. The van der Waals surface area contributed by atoms with Crippen LogP contribution in [0.4, 0.5) is 0 Å². The zero-order valence-corrected chi connectivity index (χ0v) is 8.69. The van der Waals surface area contributed by atoms with E-state index < -0.39 is 5.41 Å². The Labute approximate surface area is 93.0 Å². The van der Waals surface area contributed by atoms with Gasteiger partial charge in [-0.1, -0.05) is 30.3 Å². The van der Waals surface area contributed by atoms with E-state index in [-0.39, 0.29) is 17.7 Å². The number of hydrogen-bond donors (Lipinski definition) is 2. The molecule has 2 N–H and O–H groups in total. The van der Waals surface area contributed by atoms with E-state index in [0.29, 0.717) is 13.1 Å². The summed E-state index contributed by atoms with van der Waals surface area (Å²) in [6, 6.07) is 9.54. The predicted octanol–water partition coefficient (Wildman–Crippen LogP) is -0.200. The molecule has 0 aliphatic carbocycles. The lowest BCUT2D eigenvalue weighted by Gasteiger charge is -2.24. The van der Waals surface area contributed by atoms with Crippen molar-refractivity contribution in [3.05, 3.63) is 35.9 Å². The fourth-order valence-corrected chi connectivity index (χ4v) is 2.75. The van der Waals surface area contributed by atoms with Crippen molar-refractivity contribution in [1.29, 1.82) is 0 Å². The molecular weight excluding hydrogens is 204 g/mol. The van der Waals surface area contributed by atoms with Crippen LogP contribution in [0.15, 0.2) is 30.3 Å². The summed E-state index contributed by atoms with van der Waals surface area (Å²) in [5.74, 6) is -0.583. The van der Waals surface area contributed by atoms with Crippen molar-refractivity contribution in [3.8, 4) is 0 Å². The van der Waals surface area contributed by atoms with Crippen molar-refractivity contribution in [3.63, 3.8) is 0 Å². The summed E-state index contributed by atoms with van der Waals surface area (Å²) >= 11 is 0. The molecule has 0 radical (unpaired) electrons. The summed E-state index contributed by atoms with van der Waals surface area (Å²) in [5, 5.41) is 5.58. The van der Waals surface area contributed by atoms with Crippen molar-refractivity contribution >= 4 is 11.8 Å². The van der Waals surface area contributed by atoms with Gasteiger partial charge in [0.15, 0.2) is 0 Å². The van der Waals surface area contributed by atoms with Gasteiger partial charge in [-0.25, -0.2) is 0 Å². The van der Waals surface area contributed by atoms with E-state index in [9.17, 15) is 9.59 Å². The third-order valence-electron chi connectivity index (χ3n) is 3.59. The average Bonchev–Trinajstić information content (AvgIpc) is 2.83. The van der Waals surface area contributed by atoms with Gasteiger partial charge in [0.05, 0.1) is 11.3 Å². The van der Waals surface area contributed by atoms with E-state index in [1.54, 1.807) is 0 Å². The second-order valence-corrected chi connectivity index (χ2v) is 4.34. The van der Waals surface area contributed by atoms with Crippen molar-refractivity contribution in [2.45, 2.75) is 5.41 Å². The molecule has 3 rings (SSSR count). The largest absolute Gasteiger partial charge is 0.314 e. The van der Waals surface area contributed by atoms with Gasteiger partial charge in [0.2, 0.25) is 11.8 Å². The zero-order valence-electron chi connectivity index (χ0n) is 8.69. The number of imide groups is 1. The minimum absolute atomic E-state index is 0.154. The first-order chi connectivity index (χ1) is 7.75. The fraction of sp³-hybridized carbons (Fsp3) is 0.333. The summed E-state index contributed by atoms with van der Waals surface area (Å²) in [6.07, 6.45) is 0. The molecule has 2 heterocycles. The Kier molecular flexibility index (Phi) is 1.88. The first kappa shape index (κ1) is 9.54. The maximum absolute atomic E-state index is 12.0. The van der Waals surface area contributed by atoms with Crippen LogP contribution < -0.4 is 10.6 Å². The van der Waals surface area contributed by atoms with Gasteiger partial charge in [-0.15, -0.1) is 0 Å². The van der Waals surface area contributed by atoms with Crippen LogP contribution in [0.3, 0.4) is 0 Å². The quantitative estimate of drug-likeness (QED) is 0.639. The molecule has 82 valence electrons.